The van der Waals surface area contributed by atoms with Crippen LogP contribution in [0.1, 0.15) is 26.4 Å². The maximum Gasteiger partial charge on any atom is 0.337 e. The van der Waals surface area contributed by atoms with E-state index < -0.39 is 11.9 Å². The fourth-order valence-corrected chi connectivity index (χ4v) is 2.37. The smallest absolute Gasteiger partial charge is 0.337 e. The normalized spacial score (nSPS) is 9.86. The summed E-state index contributed by atoms with van der Waals surface area (Å²) in [5.41, 5.74) is 2.08. The van der Waals surface area contributed by atoms with Crippen LogP contribution in [0.2, 0.25) is 0 Å². The lowest BCUT2D eigenvalue weighted by atomic mass is 10.2. The highest BCUT2D eigenvalue weighted by atomic mass is 16.5. The van der Waals surface area contributed by atoms with Gasteiger partial charge in [0.05, 0.1) is 24.3 Å². The number of carbonyl (C=O) groups excluding carboxylic acids is 2. The van der Waals surface area contributed by atoms with Crippen LogP contribution in [0.25, 0.3) is 0 Å². The topological polar surface area (TPSA) is 117 Å². The quantitative estimate of drug-likeness (QED) is 0.660. The summed E-state index contributed by atoms with van der Waals surface area (Å²) in [7, 11) is 1.31. The van der Waals surface area contributed by atoms with E-state index in [2.05, 4.69) is 25.6 Å². The zero-order valence-electron chi connectivity index (χ0n) is 14.8. The Bertz CT molecular complexity index is 1060. The van der Waals surface area contributed by atoms with Gasteiger partial charge in [0, 0.05) is 11.4 Å². The summed E-state index contributed by atoms with van der Waals surface area (Å²) >= 11 is 0. The van der Waals surface area contributed by atoms with E-state index in [1.807, 2.05) is 6.07 Å². The first kappa shape index (κ1) is 18.5. The van der Waals surface area contributed by atoms with Gasteiger partial charge >= 0.3 is 5.97 Å². The molecule has 3 rings (SSSR count). The Morgan fingerprint density at radius 3 is 2.50 bits per heavy atom. The minimum absolute atomic E-state index is 0.122. The molecule has 0 atom stereocenters. The lowest BCUT2D eigenvalue weighted by Gasteiger charge is -2.08. The molecule has 3 aromatic rings. The van der Waals surface area contributed by atoms with Gasteiger partial charge in [-0.3, -0.25) is 4.79 Å². The highest BCUT2D eigenvalue weighted by molar-refractivity contribution is 6.02. The van der Waals surface area contributed by atoms with Crippen molar-refractivity contribution in [1.82, 2.24) is 10.2 Å². The number of benzene rings is 2. The highest BCUT2D eigenvalue weighted by Crippen LogP contribution is 2.17. The van der Waals surface area contributed by atoms with Gasteiger partial charge in [0.25, 0.3) is 5.91 Å². The standard InChI is InChI=1S/C20H15N5O3/c1-28-20(27)14-5-3-7-16(11-14)22-18-9-8-17(24-25-18)19(26)23-15-6-2-4-13(10-15)12-21/h2-11H,1H3,(H,22,25)(H,23,26). The Kier molecular flexibility index (Phi) is 5.58. The third kappa shape index (κ3) is 4.47. The molecule has 8 nitrogen and oxygen atoms in total. The van der Waals surface area contributed by atoms with Gasteiger partial charge in [-0.25, -0.2) is 4.79 Å². The second-order valence-electron chi connectivity index (χ2n) is 5.65. The largest absolute Gasteiger partial charge is 0.465 e. The van der Waals surface area contributed by atoms with Gasteiger partial charge in [0.1, 0.15) is 0 Å². The molecule has 138 valence electrons. The van der Waals surface area contributed by atoms with Crippen LogP contribution in [-0.2, 0) is 4.74 Å². The van der Waals surface area contributed by atoms with Crippen molar-refractivity contribution in [2.45, 2.75) is 0 Å². The number of hydrogen-bond acceptors (Lipinski definition) is 7. The van der Waals surface area contributed by atoms with Crippen LogP contribution in [0.5, 0.6) is 0 Å². The fraction of sp³-hybridized carbons (Fsp3) is 0.0500. The van der Waals surface area contributed by atoms with Crippen LogP contribution < -0.4 is 10.6 Å². The summed E-state index contributed by atoms with van der Waals surface area (Å²) in [6, 6.07) is 18.4. The van der Waals surface area contributed by atoms with Crippen molar-refractivity contribution < 1.29 is 14.3 Å². The lowest BCUT2D eigenvalue weighted by molar-refractivity contribution is 0.0600. The fourth-order valence-electron chi connectivity index (χ4n) is 2.37. The second-order valence-corrected chi connectivity index (χ2v) is 5.65. The van der Waals surface area contributed by atoms with Crippen molar-refractivity contribution >= 4 is 29.1 Å². The maximum absolute atomic E-state index is 12.3. The number of aromatic nitrogens is 2. The molecule has 0 aliphatic carbocycles. The van der Waals surface area contributed by atoms with E-state index in [0.717, 1.165) is 0 Å². The van der Waals surface area contributed by atoms with Crippen LogP contribution in [0.4, 0.5) is 17.2 Å². The third-order valence-corrected chi connectivity index (χ3v) is 3.70. The molecule has 1 heterocycles. The SMILES string of the molecule is COC(=O)c1cccc(Nc2ccc(C(=O)Nc3cccc(C#N)c3)nn2)c1. The van der Waals surface area contributed by atoms with Crippen LogP contribution in [0.15, 0.2) is 60.7 Å². The summed E-state index contributed by atoms with van der Waals surface area (Å²) < 4.78 is 4.69. The van der Waals surface area contributed by atoms with E-state index in [0.29, 0.717) is 28.3 Å². The Labute approximate surface area is 160 Å². The molecule has 0 fully saturated rings. The van der Waals surface area contributed by atoms with Gasteiger partial charge in [0.2, 0.25) is 0 Å². The predicted octanol–water partition coefficient (Wildman–Crippen LogP) is 3.13. The first-order chi connectivity index (χ1) is 13.6. The number of rotatable bonds is 5. The van der Waals surface area contributed by atoms with E-state index in [-0.39, 0.29) is 5.69 Å². The van der Waals surface area contributed by atoms with E-state index >= 15 is 0 Å². The number of esters is 1. The molecule has 8 heteroatoms. The Balaban J connectivity index is 1.68. The number of hydrogen-bond donors (Lipinski definition) is 2. The van der Waals surface area contributed by atoms with Crippen molar-refractivity contribution in [2.24, 2.45) is 0 Å². The van der Waals surface area contributed by atoms with Crippen molar-refractivity contribution in [3.05, 3.63) is 77.5 Å². The van der Waals surface area contributed by atoms with Gasteiger partial charge in [-0.05, 0) is 48.5 Å². The lowest BCUT2D eigenvalue weighted by Crippen LogP contribution is -2.14. The zero-order valence-corrected chi connectivity index (χ0v) is 14.8. The second kappa shape index (κ2) is 8.42. The summed E-state index contributed by atoms with van der Waals surface area (Å²) in [4.78, 5) is 23.9. The third-order valence-electron chi connectivity index (χ3n) is 3.70. The number of amides is 1. The van der Waals surface area contributed by atoms with Gasteiger partial charge < -0.3 is 15.4 Å². The number of nitrogens with zero attached hydrogens (tertiary/aromatic N) is 3. The monoisotopic (exact) mass is 373 g/mol. The first-order valence-electron chi connectivity index (χ1n) is 8.19. The van der Waals surface area contributed by atoms with E-state index in [1.165, 1.54) is 13.2 Å². The minimum Gasteiger partial charge on any atom is -0.465 e. The van der Waals surface area contributed by atoms with Crippen LogP contribution in [-0.4, -0.2) is 29.2 Å². The van der Waals surface area contributed by atoms with E-state index in [4.69, 9.17) is 5.26 Å². The van der Waals surface area contributed by atoms with Crippen LogP contribution in [0, 0.1) is 11.3 Å². The molecule has 0 aliphatic rings. The Hall–Kier alpha value is -4.25. The predicted molar refractivity (Wildman–Crippen MR) is 102 cm³/mol. The van der Waals surface area contributed by atoms with Crippen molar-refractivity contribution in [3.63, 3.8) is 0 Å². The first-order valence-corrected chi connectivity index (χ1v) is 8.19. The van der Waals surface area contributed by atoms with Crippen molar-refractivity contribution in [2.75, 3.05) is 17.7 Å². The number of anilines is 3. The van der Waals surface area contributed by atoms with Gasteiger partial charge in [-0.1, -0.05) is 12.1 Å². The van der Waals surface area contributed by atoms with Crippen LogP contribution in [0.3, 0.4) is 0 Å². The molecule has 2 aromatic carbocycles. The summed E-state index contributed by atoms with van der Waals surface area (Å²) in [5, 5.41) is 22.5. The van der Waals surface area contributed by atoms with Crippen LogP contribution >= 0.6 is 0 Å². The number of carbonyl (C=O) groups is 2. The summed E-state index contributed by atoms with van der Waals surface area (Å²) in [6.45, 7) is 0. The number of nitriles is 1. The summed E-state index contributed by atoms with van der Waals surface area (Å²) in [5.74, 6) is -0.478. The Morgan fingerprint density at radius 1 is 1.00 bits per heavy atom. The minimum atomic E-state index is -0.443. The molecule has 0 radical (unpaired) electrons. The van der Waals surface area contributed by atoms with Crippen molar-refractivity contribution in [1.29, 1.82) is 5.26 Å². The van der Waals surface area contributed by atoms with Gasteiger partial charge in [-0.15, -0.1) is 10.2 Å². The average Bonchev–Trinajstić information content (AvgIpc) is 2.74. The maximum atomic E-state index is 12.3. The molecule has 28 heavy (non-hydrogen) atoms. The molecule has 0 bridgehead atoms. The molecule has 0 aliphatic heterocycles. The molecule has 0 saturated heterocycles. The molecule has 1 aromatic heterocycles. The zero-order chi connectivity index (χ0) is 19.9. The average molecular weight is 373 g/mol. The number of ether oxygens (including phenoxy) is 1. The summed E-state index contributed by atoms with van der Waals surface area (Å²) in [6.07, 6.45) is 0. The molecular weight excluding hydrogens is 358 g/mol. The number of methoxy groups -OCH3 is 1. The Morgan fingerprint density at radius 2 is 1.79 bits per heavy atom. The highest BCUT2D eigenvalue weighted by Gasteiger charge is 2.10. The molecule has 0 saturated carbocycles. The molecule has 1 amide bonds. The van der Waals surface area contributed by atoms with Crippen molar-refractivity contribution in [3.8, 4) is 6.07 Å². The molecule has 2 N–H and O–H groups in total. The number of nitrogens with one attached hydrogen (secondary N) is 2. The van der Waals surface area contributed by atoms with E-state index in [9.17, 15) is 9.59 Å². The molecule has 0 spiro atoms. The van der Waals surface area contributed by atoms with Gasteiger partial charge in [0.15, 0.2) is 11.5 Å². The van der Waals surface area contributed by atoms with E-state index in [1.54, 1.807) is 54.6 Å². The van der Waals surface area contributed by atoms with Gasteiger partial charge in [-0.2, -0.15) is 5.26 Å². The molecular formula is C20H15N5O3. The molecule has 0 unspecified atom stereocenters.